The van der Waals surface area contributed by atoms with E-state index >= 15 is 0 Å². The van der Waals surface area contributed by atoms with E-state index in [-0.39, 0.29) is 5.82 Å². The zero-order valence-electron chi connectivity index (χ0n) is 9.43. The van der Waals surface area contributed by atoms with Crippen molar-refractivity contribution in [1.82, 2.24) is 0 Å². The molecule has 0 radical (unpaired) electrons. The first-order valence-electron chi connectivity index (χ1n) is 5.15. The lowest BCUT2D eigenvalue weighted by atomic mass is 10.1. The van der Waals surface area contributed by atoms with E-state index in [1.807, 2.05) is 19.1 Å². The molecule has 0 amide bonds. The number of halogens is 3. The van der Waals surface area contributed by atoms with Gasteiger partial charge in [-0.3, -0.25) is 0 Å². The van der Waals surface area contributed by atoms with Gasteiger partial charge >= 0.3 is 0 Å². The Labute approximate surface area is 118 Å². The Morgan fingerprint density at radius 1 is 1.35 bits per heavy atom. The van der Waals surface area contributed by atoms with E-state index in [1.165, 1.54) is 0 Å². The van der Waals surface area contributed by atoms with E-state index < -0.39 is 5.38 Å². The van der Waals surface area contributed by atoms with Gasteiger partial charge < -0.3 is 0 Å². The molecule has 0 spiro atoms. The monoisotopic (exact) mass is 332 g/mol. The van der Waals surface area contributed by atoms with Gasteiger partial charge in [-0.05, 0) is 41.4 Å². The zero-order chi connectivity index (χ0) is 12.6. The SMILES string of the molecule is Cc1cccc(C(Cl)c2cc(Br)c(C)s2)c1F. The van der Waals surface area contributed by atoms with Gasteiger partial charge in [-0.2, -0.15) is 0 Å². The van der Waals surface area contributed by atoms with Gasteiger partial charge in [0.15, 0.2) is 0 Å². The van der Waals surface area contributed by atoms with Crippen LogP contribution in [0, 0.1) is 19.7 Å². The predicted octanol–water partition coefficient (Wildman–Crippen LogP) is 5.59. The molecule has 0 fully saturated rings. The molecule has 1 aromatic heterocycles. The van der Waals surface area contributed by atoms with Crippen LogP contribution in [0.15, 0.2) is 28.7 Å². The maximum absolute atomic E-state index is 14.0. The third-order valence-corrected chi connectivity index (χ3v) is 5.42. The van der Waals surface area contributed by atoms with E-state index in [4.69, 9.17) is 11.6 Å². The van der Waals surface area contributed by atoms with Crippen LogP contribution in [0.25, 0.3) is 0 Å². The molecule has 1 unspecified atom stereocenters. The molecule has 2 aromatic rings. The van der Waals surface area contributed by atoms with Crippen LogP contribution in [0.1, 0.15) is 26.3 Å². The van der Waals surface area contributed by atoms with E-state index in [9.17, 15) is 4.39 Å². The number of alkyl halides is 1. The van der Waals surface area contributed by atoms with Crippen LogP contribution < -0.4 is 0 Å². The molecular weight excluding hydrogens is 323 g/mol. The Hall–Kier alpha value is -0.380. The summed E-state index contributed by atoms with van der Waals surface area (Å²) >= 11 is 11.4. The topological polar surface area (TPSA) is 0 Å². The number of rotatable bonds is 2. The van der Waals surface area contributed by atoms with Crippen LogP contribution in [0.4, 0.5) is 4.39 Å². The second-order valence-corrected chi connectivity index (χ2v) is 6.47. The summed E-state index contributed by atoms with van der Waals surface area (Å²) in [5.41, 5.74) is 1.17. The molecule has 0 saturated heterocycles. The molecular formula is C13H11BrClFS. The maximum atomic E-state index is 14.0. The molecule has 1 aromatic carbocycles. The highest BCUT2D eigenvalue weighted by Gasteiger charge is 2.18. The molecule has 0 aliphatic rings. The highest BCUT2D eigenvalue weighted by molar-refractivity contribution is 9.10. The van der Waals surface area contributed by atoms with Gasteiger partial charge in [0, 0.05) is 19.8 Å². The minimum Gasteiger partial charge on any atom is -0.206 e. The molecule has 17 heavy (non-hydrogen) atoms. The molecule has 0 aliphatic heterocycles. The third-order valence-electron chi connectivity index (χ3n) is 2.62. The predicted molar refractivity (Wildman–Crippen MR) is 75.6 cm³/mol. The van der Waals surface area contributed by atoms with Gasteiger partial charge in [-0.1, -0.05) is 18.2 Å². The minimum absolute atomic E-state index is 0.213. The smallest absolute Gasteiger partial charge is 0.131 e. The van der Waals surface area contributed by atoms with E-state index in [0.29, 0.717) is 11.1 Å². The Morgan fingerprint density at radius 2 is 2.06 bits per heavy atom. The summed E-state index contributed by atoms with van der Waals surface area (Å²) in [5.74, 6) is -0.213. The van der Waals surface area contributed by atoms with Crippen LogP contribution in [0.5, 0.6) is 0 Å². The van der Waals surface area contributed by atoms with Gasteiger partial charge in [0.25, 0.3) is 0 Å². The van der Waals surface area contributed by atoms with Crippen molar-refractivity contribution in [3.63, 3.8) is 0 Å². The molecule has 0 nitrogen and oxygen atoms in total. The lowest BCUT2D eigenvalue weighted by molar-refractivity contribution is 0.603. The lowest BCUT2D eigenvalue weighted by Crippen LogP contribution is -1.96. The lowest BCUT2D eigenvalue weighted by Gasteiger charge is -2.10. The third kappa shape index (κ3) is 2.56. The van der Waals surface area contributed by atoms with Crippen molar-refractivity contribution in [2.75, 3.05) is 0 Å². The summed E-state index contributed by atoms with van der Waals surface area (Å²) in [4.78, 5) is 2.11. The van der Waals surface area contributed by atoms with Crippen LogP contribution >= 0.6 is 38.9 Å². The van der Waals surface area contributed by atoms with Crippen molar-refractivity contribution >= 4 is 38.9 Å². The number of hydrogen-bond acceptors (Lipinski definition) is 1. The molecule has 0 N–H and O–H groups in total. The second-order valence-electron chi connectivity index (χ2n) is 3.89. The first-order chi connectivity index (χ1) is 8.00. The van der Waals surface area contributed by atoms with Crippen molar-refractivity contribution < 1.29 is 4.39 Å². The normalized spacial score (nSPS) is 12.8. The quantitative estimate of drug-likeness (QED) is 0.628. The van der Waals surface area contributed by atoms with Gasteiger partial charge in [-0.25, -0.2) is 4.39 Å². The summed E-state index contributed by atoms with van der Waals surface area (Å²) < 4.78 is 15.0. The van der Waals surface area contributed by atoms with E-state index in [2.05, 4.69) is 15.9 Å². The molecule has 4 heteroatoms. The maximum Gasteiger partial charge on any atom is 0.131 e. The van der Waals surface area contributed by atoms with Crippen molar-refractivity contribution in [3.8, 4) is 0 Å². The fourth-order valence-electron chi connectivity index (χ4n) is 1.63. The van der Waals surface area contributed by atoms with Crippen LogP contribution in [-0.4, -0.2) is 0 Å². The first kappa shape index (κ1) is 13.1. The summed E-state index contributed by atoms with van der Waals surface area (Å²) in [6.07, 6.45) is 0. The number of benzene rings is 1. The van der Waals surface area contributed by atoms with E-state index in [0.717, 1.165) is 14.2 Å². The van der Waals surface area contributed by atoms with E-state index in [1.54, 1.807) is 30.4 Å². The average Bonchev–Trinajstić information content (AvgIpc) is 2.62. The van der Waals surface area contributed by atoms with Gasteiger partial charge in [-0.15, -0.1) is 22.9 Å². The zero-order valence-corrected chi connectivity index (χ0v) is 12.6. The van der Waals surface area contributed by atoms with Crippen molar-refractivity contribution in [1.29, 1.82) is 0 Å². The standard InChI is InChI=1S/C13H11BrClFS/c1-7-4-3-5-9(13(7)16)12(15)11-6-10(14)8(2)17-11/h3-6,12H,1-2H3. The summed E-state index contributed by atoms with van der Waals surface area (Å²) in [6, 6.07) is 7.28. The highest BCUT2D eigenvalue weighted by atomic mass is 79.9. The molecule has 2 rings (SSSR count). The summed E-state index contributed by atoms with van der Waals surface area (Å²) in [6.45, 7) is 3.76. The fraction of sp³-hybridized carbons (Fsp3) is 0.231. The van der Waals surface area contributed by atoms with Crippen molar-refractivity contribution in [3.05, 3.63) is 55.4 Å². The van der Waals surface area contributed by atoms with Crippen molar-refractivity contribution in [2.24, 2.45) is 0 Å². The Kier molecular flexibility index (Phi) is 3.91. The Bertz CT molecular complexity index is 531. The minimum atomic E-state index is -0.426. The van der Waals surface area contributed by atoms with Crippen LogP contribution in [0.3, 0.4) is 0 Å². The van der Waals surface area contributed by atoms with Gasteiger partial charge in [0.05, 0.1) is 5.38 Å². The number of thiophene rings is 1. The number of hydrogen-bond donors (Lipinski definition) is 0. The van der Waals surface area contributed by atoms with Gasteiger partial charge in [0.1, 0.15) is 5.82 Å². The average molecular weight is 334 g/mol. The van der Waals surface area contributed by atoms with Crippen molar-refractivity contribution in [2.45, 2.75) is 19.2 Å². The second kappa shape index (κ2) is 5.09. The Morgan fingerprint density at radius 3 is 2.65 bits per heavy atom. The van der Waals surface area contributed by atoms with Crippen LogP contribution in [0.2, 0.25) is 0 Å². The summed E-state index contributed by atoms with van der Waals surface area (Å²) in [5, 5.41) is -0.426. The Balaban J connectivity index is 2.43. The molecule has 0 saturated carbocycles. The van der Waals surface area contributed by atoms with Crippen LogP contribution in [-0.2, 0) is 0 Å². The molecule has 0 aliphatic carbocycles. The number of aryl methyl sites for hydroxylation is 2. The molecule has 1 heterocycles. The summed E-state index contributed by atoms with van der Waals surface area (Å²) in [7, 11) is 0. The fourth-order valence-corrected chi connectivity index (χ4v) is 3.55. The van der Waals surface area contributed by atoms with Gasteiger partial charge in [0.2, 0.25) is 0 Å². The largest absolute Gasteiger partial charge is 0.206 e. The highest BCUT2D eigenvalue weighted by Crippen LogP contribution is 2.38. The molecule has 0 bridgehead atoms. The first-order valence-corrected chi connectivity index (χ1v) is 7.20. The molecule has 1 atom stereocenters. The molecule has 90 valence electrons.